The molecule has 1 heterocycles. The molecule has 0 aromatic heterocycles. The highest BCUT2D eigenvalue weighted by Gasteiger charge is 2.14. The number of nitrogen functional groups attached to an aromatic ring is 1. The molecular formula is C14H22N4. The molecule has 1 aliphatic rings. The fraction of sp³-hybridized carbons (Fsp3) is 0.500. The smallest absolute Gasteiger partial charge is 0.123 e. The minimum Gasteiger partial charge on any atom is -0.384 e. The van der Waals surface area contributed by atoms with Crippen LogP contribution >= 0.6 is 0 Å². The molecule has 1 aromatic rings. The van der Waals surface area contributed by atoms with Gasteiger partial charge in [-0.2, -0.15) is 0 Å². The minimum absolute atomic E-state index is 0.160. The second kappa shape index (κ2) is 5.50. The van der Waals surface area contributed by atoms with Crippen LogP contribution in [0.4, 0.5) is 0 Å². The predicted molar refractivity (Wildman–Crippen MR) is 75.0 cm³/mol. The first-order valence-electron chi connectivity index (χ1n) is 6.41. The molecule has 0 atom stereocenters. The molecule has 0 bridgehead atoms. The predicted octanol–water partition coefficient (Wildman–Crippen LogP) is 1.03. The fourth-order valence-electron chi connectivity index (χ4n) is 2.32. The largest absolute Gasteiger partial charge is 0.384 e. The van der Waals surface area contributed by atoms with Gasteiger partial charge in [-0.05, 0) is 31.2 Å². The normalized spacial score (nSPS) is 17.9. The number of hydrogen-bond acceptors (Lipinski definition) is 3. The standard InChI is InChI=1S/C14H22N4/c1-11-3-4-12(9-13(11)14(15)16)10-18-7-5-17(2)6-8-18/h3-4,9H,5-8,10H2,1-2H3,(H3,15,16). The number of aryl methyl sites for hydroxylation is 1. The van der Waals surface area contributed by atoms with Gasteiger partial charge in [-0.3, -0.25) is 10.3 Å². The molecule has 1 aromatic carbocycles. The lowest BCUT2D eigenvalue weighted by Gasteiger charge is -2.32. The third-order valence-corrected chi connectivity index (χ3v) is 3.59. The molecule has 1 fully saturated rings. The Bertz CT molecular complexity index is 433. The Kier molecular flexibility index (Phi) is 3.99. The maximum Gasteiger partial charge on any atom is 0.123 e. The van der Waals surface area contributed by atoms with Crippen molar-refractivity contribution in [3.8, 4) is 0 Å². The van der Waals surface area contributed by atoms with E-state index in [2.05, 4.69) is 35.0 Å². The van der Waals surface area contributed by atoms with Gasteiger partial charge in [-0.15, -0.1) is 0 Å². The number of rotatable bonds is 3. The Balaban J connectivity index is 2.05. The van der Waals surface area contributed by atoms with E-state index in [4.69, 9.17) is 11.1 Å². The Hall–Kier alpha value is -1.39. The summed E-state index contributed by atoms with van der Waals surface area (Å²) in [5, 5.41) is 7.58. The lowest BCUT2D eigenvalue weighted by Crippen LogP contribution is -2.43. The lowest BCUT2D eigenvalue weighted by atomic mass is 10.0. The van der Waals surface area contributed by atoms with Crippen molar-refractivity contribution >= 4 is 5.84 Å². The average Bonchev–Trinajstić information content (AvgIpc) is 2.34. The van der Waals surface area contributed by atoms with E-state index in [1.54, 1.807) is 0 Å². The Labute approximate surface area is 109 Å². The summed E-state index contributed by atoms with van der Waals surface area (Å²) in [7, 11) is 2.16. The molecule has 0 radical (unpaired) electrons. The van der Waals surface area contributed by atoms with Gasteiger partial charge in [0, 0.05) is 38.3 Å². The number of nitrogens with one attached hydrogen (secondary N) is 1. The summed E-state index contributed by atoms with van der Waals surface area (Å²) in [4.78, 5) is 4.81. The van der Waals surface area contributed by atoms with Crippen LogP contribution in [-0.4, -0.2) is 48.9 Å². The molecule has 4 nitrogen and oxygen atoms in total. The summed E-state index contributed by atoms with van der Waals surface area (Å²) < 4.78 is 0. The summed E-state index contributed by atoms with van der Waals surface area (Å²) in [6.45, 7) is 7.43. The van der Waals surface area contributed by atoms with Crippen molar-refractivity contribution in [3.05, 3.63) is 34.9 Å². The van der Waals surface area contributed by atoms with Crippen LogP contribution < -0.4 is 5.73 Å². The molecule has 18 heavy (non-hydrogen) atoms. The van der Waals surface area contributed by atoms with Crippen molar-refractivity contribution in [1.82, 2.24) is 9.80 Å². The van der Waals surface area contributed by atoms with Gasteiger partial charge in [-0.25, -0.2) is 0 Å². The Morgan fingerprint density at radius 1 is 1.28 bits per heavy atom. The maximum absolute atomic E-state index is 7.58. The highest BCUT2D eigenvalue weighted by molar-refractivity contribution is 5.96. The van der Waals surface area contributed by atoms with Crippen LogP contribution in [0.25, 0.3) is 0 Å². The number of amidine groups is 1. The van der Waals surface area contributed by atoms with Gasteiger partial charge in [0.15, 0.2) is 0 Å². The third-order valence-electron chi connectivity index (χ3n) is 3.59. The van der Waals surface area contributed by atoms with E-state index in [0.29, 0.717) is 0 Å². The summed E-state index contributed by atoms with van der Waals surface area (Å²) in [6.07, 6.45) is 0. The van der Waals surface area contributed by atoms with Crippen LogP contribution in [0, 0.1) is 12.3 Å². The zero-order valence-corrected chi connectivity index (χ0v) is 11.2. The zero-order valence-electron chi connectivity index (χ0n) is 11.2. The van der Waals surface area contributed by atoms with Crippen LogP contribution in [0.2, 0.25) is 0 Å². The lowest BCUT2D eigenvalue weighted by molar-refractivity contribution is 0.148. The van der Waals surface area contributed by atoms with Gasteiger partial charge in [0.2, 0.25) is 0 Å². The van der Waals surface area contributed by atoms with Crippen molar-refractivity contribution in [1.29, 1.82) is 5.41 Å². The van der Waals surface area contributed by atoms with E-state index in [9.17, 15) is 0 Å². The van der Waals surface area contributed by atoms with Gasteiger partial charge in [0.1, 0.15) is 5.84 Å². The minimum atomic E-state index is 0.160. The van der Waals surface area contributed by atoms with Gasteiger partial charge < -0.3 is 10.6 Å². The summed E-state index contributed by atoms with van der Waals surface area (Å²) in [5.74, 6) is 0.160. The molecule has 0 amide bonds. The monoisotopic (exact) mass is 246 g/mol. The second-order valence-electron chi connectivity index (χ2n) is 5.14. The number of hydrogen-bond donors (Lipinski definition) is 2. The number of piperazine rings is 1. The maximum atomic E-state index is 7.58. The van der Waals surface area contributed by atoms with Crippen molar-refractivity contribution < 1.29 is 0 Å². The Morgan fingerprint density at radius 3 is 2.56 bits per heavy atom. The van der Waals surface area contributed by atoms with E-state index >= 15 is 0 Å². The fourth-order valence-corrected chi connectivity index (χ4v) is 2.32. The van der Waals surface area contributed by atoms with E-state index in [1.165, 1.54) is 5.56 Å². The molecule has 0 saturated carbocycles. The van der Waals surface area contributed by atoms with Crippen LogP contribution in [-0.2, 0) is 6.54 Å². The quantitative estimate of drug-likeness (QED) is 0.618. The van der Waals surface area contributed by atoms with E-state index in [-0.39, 0.29) is 5.84 Å². The first kappa shape index (κ1) is 13.1. The summed E-state index contributed by atoms with van der Waals surface area (Å²) in [6, 6.07) is 6.25. The second-order valence-corrected chi connectivity index (χ2v) is 5.14. The average molecular weight is 246 g/mol. The molecule has 0 aliphatic carbocycles. The van der Waals surface area contributed by atoms with E-state index in [1.807, 2.05) is 6.92 Å². The molecule has 0 spiro atoms. The Morgan fingerprint density at radius 2 is 1.94 bits per heavy atom. The van der Waals surface area contributed by atoms with Crippen molar-refractivity contribution in [3.63, 3.8) is 0 Å². The molecule has 1 aliphatic heterocycles. The molecule has 0 unspecified atom stereocenters. The highest BCUT2D eigenvalue weighted by atomic mass is 15.2. The number of nitrogens with zero attached hydrogens (tertiary/aromatic N) is 2. The zero-order chi connectivity index (χ0) is 13.1. The van der Waals surface area contributed by atoms with Crippen LogP contribution in [0.5, 0.6) is 0 Å². The van der Waals surface area contributed by atoms with Gasteiger partial charge >= 0.3 is 0 Å². The van der Waals surface area contributed by atoms with Crippen molar-refractivity contribution in [2.24, 2.45) is 5.73 Å². The van der Waals surface area contributed by atoms with Crippen molar-refractivity contribution in [2.45, 2.75) is 13.5 Å². The number of likely N-dealkylation sites (N-methyl/N-ethyl adjacent to an activating group) is 1. The van der Waals surface area contributed by atoms with Gasteiger partial charge in [-0.1, -0.05) is 12.1 Å². The molecule has 4 heteroatoms. The van der Waals surface area contributed by atoms with Gasteiger partial charge in [0.05, 0.1) is 0 Å². The van der Waals surface area contributed by atoms with Gasteiger partial charge in [0.25, 0.3) is 0 Å². The van der Waals surface area contributed by atoms with Crippen LogP contribution in [0.15, 0.2) is 18.2 Å². The summed E-state index contributed by atoms with van der Waals surface area (Å²) >= 11 is 0. The topological polar surface area (TPSA) is 56.4 Å². The molecule has 3 N–H and O–H groups in total. The number of benzene rings is 1. The molecule has 98 valence electrons. The first-order valence-corrected chi connectivity index (χ1v) is 6.41. The van der Waals surface area contributed by atoms with E-state index < -0.39 is 0 Å². The molecule has 2 rings (SSSR count). The third kappa shape index (κ3) is 3.09. The first-order chi connectivity index (χ1) is 8.56. The van der Waals surface area contributed by atoms with Crippen LogP contribution in [0.1, 0.15) is 16.7 Å². The van der Waals surface area contributed by atoms with Crippen molar-refractivity contribution in [2.75, 3.05) is 33.2 Å². The van der Waals surface area contributed by atoms with Crippen LogP contribution in [0.3, 0.4) is 0 Å². The highest BCUT2D eigenvalue weighted by Crippen LogP contribution is 2.13. The summed E-state index contributed by atoms with van der Waals surface area (Å²) in [5.41, 5.74) is 8.78. The SMILES string of the molecule is Cc1ccc(CN2CCN(C)CC2)cc1C(=N)N. The van der Waals surface area contributed by atoms with E-state index in [0.717, 1.165) is 43.9 Å². The molecular weight excluding hydrogens is 224 g/mol. The number of nitrogens with two attached hydrogens (primary N) is 1. The molecule has 1 saturated heterocycles.